The van der Waals surface area contributed by atoms with Crippen LogP contribution in [0.2, 0.25) is 0 Å². The molecule has 4 heterocycles. The average molecular weight is 488 g/mol. The molecule has 194 valence electrons. The summed E-state index contributed by atoms with van der Waals surface area (Å²) >= 11 is 0. The standard InChI is InChI=1S/C27H41N3O5/c1-8-13-28-14-9-11-26(7)19(22(28)32)20-23(33)30(18(16-31)17(2)3)21-24(34)29(25(4,5)6)15-10-12-27(20,21)35-26/h9-12,17-21,31H,8,13-16H2,1-7H3/t18-,19-,20-,21?,26+,27-/m0/s1. The van der Waals surface area contributed by atoms with Crippen LogP contribution < -0.4 is 0 Å². The van der Waals surface area contributed by atoms with E-state index >= 15 is 0 Å². The molecule has 2 fully saturated rings. The number of aliphatic hydroxyl groups is 1. The summed E-state index contributed by atoms with van der Waals surface area (Å²) in [5, 5.41) is 10.3. The summed E-state index contributed by atoms with van der Waals surface area (Å²) in [6.07, 6.45) is 8.42. The number of hydrogen-bond donors (Lipinski definition) is 1. The fourth-order valence-electron chi connectivity index (χ4n) is 6.56. The maximum atomic E-state index is 14.3. The average Bonchev–Trinajstić information content (AvgIpc) is 3.02. The number of fused-ring (bicyclic) bond motifs is 2. The Hall–Kier alpha value is -2.19. The third kappa shape index (κ3) is 3.75. The van der Waals surface area contributed by atoms with Crippen molar-refractivity contribution in [2.75, 3.05) is 26.2 Å². The van der Waals surface area contributed by atoms with Crippen LogP contribution in [-0.2, 0) is 19.1 Å². The molecule has 3 amide bonds. The van der Waals surface area contributed by atoms with Crippen molar-refractivity contribution in [1.29, 1.82) is 0 Å². The SMILES string of the molecule is CCCN1CC=C[C@@]2(C)O[C@]34C=CCN(C(C)(C)C)C(=O)C3N([C@@H](CO)C(C)C)C(=O)[C@@H]4[C@H]2C1=O. The minimum atomic E-state index is -1.29. The van der Waals surface area contributed by atoms with Crippen molar-refractivity contribution < 1.29 is 24.2 Å². The second-order valence-electron chi connectivity index (χ2n) is 11.9. The molecule has 1 N–H and O–H groups in total. The van der Waals surface area contributed by atoms with Crippen molar-refractivity contribution in [1.82, 2.24) is 14.7 Å². The van der Waals surface area contributed by atoms with Gasteiger partial charge in [0.25, 0.3) is 0 Å². The summed E-state index contributed by atoms with van der Waals surface area (Å²) in [4.78, 5) is 47.6. The number of amides is 3. The zero-order valence-corrected chi connectivity index (χ0v) is 22.2. The number of ether oxygens (including phenoxy) is 1. The Morgan fingerprint density at radius 1 is 1.06 bits per heavy atom. The molecule has 8 heteroatoms. The summed E-state index contributed by atoms with van der Waals surface area (Å²) in [5.41, 5.74) is -2.78. The fraction of sp³-hybridized carbons (Fsp3) is 0.741. The third-order valence-electron chi connectivity index (χ3n) is 8.20. The second kappa shape index (κ2) is 8.73. The van der Waals surface area contributed by atoms with Gasteiger partial charge in [-0.25, -0.2) is 0 Å². The van der Waals surface area contributed by atoms with E-state index in [-0.39, 0.29) is 30.2 Å². The van der Waals surface area contributed by atoms with E-state index in [2.05, 4.69) is 0 Å². The first-order valence-electron chi connectivity index (χ1n) is 12.9. The fourth-order valence-corrected chi connectivity index (χ4v) is 6.56. The lowest BCUT2D eigenvalue weighted by molar-refractivity contribution is -0.159. The van der Waals surface area contributed by atoms with E-state index in [9.17, 15) is 19.5 Å². The van der Waals surface area contributed by atoms with Crippen molar-refractivity contribution in [2.24, 2.45) is 17.8 Å². The van der Waals surface area contributed by atoms with Gasteiger partial charge < -0.3 is 24.5 Å². The molecule has 4 aliphatic heterocycles. The first-order valence-corrected chi connectivity index (χ1v) is 12.9. The van der Waals surface area contributed by atoms with Crippen LogP contribution in [0.4, 0.5) is 0 Å². The molecule has 4 rings (SSSR count). The topological polar surface area (TPSA) is 90.4 Å². The molecule has 0 aromatic carbocycles. The summed E-state index contributed by atoms with van der Waals surface area (Å²) in [7, 11) is 0. The van der Waals surface area contributed by atoms with Crippen LogP contribution in [0.15, 0.2) is 24.3 Å². The molecule has 4 aliphatic rings. The number of hydrogen-bond acceptors (Lipinski definition) is 5. The molecule has 8 nitrogen and oxygen atoms in total. The third-order valence-corrected chi connectivity index (χ3v) is 8.20. The summed E-state index contributed by atoms with van der Waals surface area (Å²) in [6, 6.07) is -1.52. The zero-order valence-electron chi connectivity index (χ0n) is 22.2. The van der Waals surface area contributed by atoms with Gasteiger partial charge in [0.05, 0.1) is 30.1 Å². The van der Waals surface area contributed by atoms with Crippen LogP contribution in [0.5, 0.6) is 0 Å². The van der Waals surface area contributed by atoms with Gasteiger partial charge in [0, 0.05) is 25.2 Å². The summed E-state index contributed by atoms with van der Waals surface area (Å²) in [5.74, 6) is -2.30. The van der Waals surface area contributed by atoms with Gasteiger partial charge in [0.1, 0.15) is 11.6 Å². The van der Waals surface area contributed by atoms with E-state index in [0.29, 0.717) is 19.6 Å². The molecule has 0 radical (unpaired) electrons. The predicted molar refractivity (Wildman–Crippen MR) is 132 cm³/mol. The molecule has 0 saturated carbocycles. The Labute approximate surface area is 208 Å². The maximum Gasteiger partial charge on any atom is 0.249 e. The molecule has 0 aromatic heterocycles. The Balaban J connectivity index is 1.92. The highest BCUT2D eigenvalue weighted by Crippen LogP contribution is 2.58. The van der Waals surface area contributed by atoms with E-state index in [4.69, 9.17) is 4.74 Å². The van der Waals surface area contributed by atoms with Gasteiger partial charge in [-0.3, -0.25) is 14.4 Å². The zero-order chi connectivity index (χ0) is 25.9. The van der Waals surface area contributed by atoms with Crippen LogP contribution in [-0.4, -0.2) is 92.6 Å². The van der Waals surface area contributed by atoms with Crippen molar-refractivity contribution in [3.8, 4) is 0 Å². The molecule has 0 aromatic rings. The number of nitrogens with zero attached hydrogens (tertiary/aromatic N) is 3. The Morgan fingerprint density at radius 2 is 1.71 bits per heavy atom. The molecule has 0 bridgehead atoms. The van der Waals surface area contributed by atoms with Crippen molar-refractivity contribution in [3.05, 3.63) is 24.3 Å². The smallest absolute Gasteiger partial charge is 0.249 e. The first kappa shape index (κ1) is 25.9. The lowest BCUT2D eigenvalue weighted by Crippen LogP contribution is -2.61. The Kier molecular flexibility index (Phi) is 6.46. The van der Waals surface area contributed by atoms with Gasteiger partial charge in [0.15, 0.2) is 0 Å². The molecule has 35 heavy (non-hydrogen) atoms. The van der Waals surface area contributed by atoms with Crippen molar-refractivity contribution >= 4 is 17.7 Å². The monoisotopic (exact) mass is 487 g/mol. The highest BCUT2D eigenvalue weighted by Gasteiger charge is 2.75. The molecule has 1 spiro atoms. The minimum Gasteiger partial charge on any atom is -0.394 e. The minimum absolute atomic E-state index is 0.0874. The first-order chi connectivity index (χ1) is 16.3. The maximum absolute atomic E-state index is 14.3. The van der Waals surface area contributed by atoms with Crippen LogP contribution in [0.3, 0.4) is 0 Å². The summed E-state index contributed by atoms with van der Waals surface area (Å²) < 4.78 is 6.82. The lowest BCUT2D eigenvalue weighted by Gasteiger charge is -2.43. The Bertz CT molecular complexity index is 953. The normalized spacial score (nSPS) is 35.9. The molecule has 0 aliphatic carbocycles. The molecular formula is C27H41N3O5. The van der Waals surface area contributed by atoms with E-state index in [1.54, 1.807) is 14.7 Å². The van der Waals surface area contributed by atoms with Gasteiger partial charge in [0.2, 0.25) is 17.7 Å². The molecule has 2 saturated heterocycles. The number of likely N-dealkylation sites (tertiary alicyclic amines) is 1. The number of rotatable bonds is 5. The van der Waals surface area contributed by atoms with Gasteiger partial charge >= 0.3 is 0 Å². The number of carbonyl (C=O) groups is 3. The molecular weight excluding hydrogens is 446 g/mol. The van der Waals surface area contributed by atoms with Crippen LogP contribution >= 0.6 is 0 Å². The van der Waals surface area contributed by atoms with Crippen LogP contribution in [0, 0.1) is 17.8 Å². The van der Waals surface area contributed by atoms with Gasteiger partial charge in [-0.05, 0) is 40.0 Å². The predicted octanol–water partition coefficient (Wildman–Crippen LogP) is 1.98. The van der Waals surface area contributed by atoms with Crippen molar-refractivity contribution in [3.63, 3.8) is 0 Å². The van der Waals surface area contributed by atoms with E-state index in [1.165, 1.54) is 0 Å². The van der Waals surface area contributed by atoms with E-state index in [0.717, 1.165) is 6.42 Å². The van der Waals surface area contributed by atoms with Gasteiger partial charge in [-0.1, -0.05) is 45.1 Å². The largest absolute Gasteiger partial charge is 0.394 e. The molecule has 1 unspecified atom stereocenters. The van der Waals surface area contributed by atoms with E-state index in [1.807, 2.05) is 72.8 Å². The number of aliphatic hydroxyl groups excluding tert-OH is 1. The Morgan fingerprint density at radius 3 is 2.29 bits per heavy atom. The summed E-state index contributed by atoms with van der Waals surface area (Å²) in [6.45, 7) is 14.8. The number of carbonyl (C=O) groups excluding carboxylic acids is 3. The van der Waals surface area contributed by atoms with Gasteiger partial charge in [-0.15, -0.1) is 0 Å². The van der Waals surface area contributed by atoms with Gasteiger partial charge in [-0.2, -0.15) is 0 Å². The quantitative estimate of drug-likeness (QED) is 0.599. The lowest BCUT2D eigenvalue weighted by atomic mass is 9.74. The van der Waals surface area contributed by atoms with Crippen LogP contribution in [0.1, 0.15) is 54.9 Å². The second-order valence-corrected chi connectivity index (χ2v) is 11.9. The van der Waals surface area contributed by atoms with Crippen LogP contribution in [0.25, 0.3) is 0 Å². The van der Waals surface area contributed by atoms with E-state index < -0.39 is 40.7 Å². The molecule has 6 atom stereocenters. The highest BCUT2D eigenvalue weighted by atomic mass is 16.5. The highest BCUT2D eigenvalue weighted by molar-refractivity contribution is 6.00. The van der Waals surface area contributed by atoms with Crippen molar-refractivity contribution in [2.45, 2.75) is 83.7 Å².